The number of hydrogen-bond acceptors (Lipinski definition) is 4. The van der Waals surface area contributed by atoms with E-state index >= 15 is 0 Å². The van der Waals surface area contributed by atoms with Gasteiger partial charge in [-0.3, -0.25) is 0 Å². The van der Waals surface area contributed by atoms with Crippen molar-refractivity contribution in [3.05, 3.63) is 58.7 Å². The van der Waals surface area contributed by atoms with Crippen LogP contribution in [0, 0.1) is 27.7 Å². The Kier molecular flexibility index (Phi) is 4.66. The van der Waals surface area contributed by atoms with Crippen LogP contribution >= 0.6 is 0 Å². The van der Waals surface area contributed by atoms with Crippen LogP contribution in [0.1, 0.15) is 22.3 Å². The molecule has 5 nitrogen and oxygen atoms in total. The fourth-order valence-electron chi connectivity index (χ4n) is 2.67. The van der Waals surface area contributed by atoms with Gasteiger partial charge in [0.25, 0.3) is 20.0 Å². The lowest BCUT2D eigenvalue weighted by Gasteiger charge is -2.14. The van der Waals surface area contributed by atoms with E-state index < -0.39 is 20.0 Å². The van der Waals surface area contributed by atoms with E-state index in [4.69, 9.17) is 0 Å². The summed E-state index contributed by atoms with van der Waals surface area (Å²) in [4.78, 5) is -0.00961. The predicted octanol–water partition coefficient (Wildman–Crippen LogP) is 2.59. The van der Waals surface area contributed by atoms with Gasteiger partial charge in [-0.25, -0.2) is 16.8 Å². The maximum absolute atomic E-state index is 12.6. The molecular formula is C16H19NO4S2. The van der Waals surface area contributed by atoms with Crippen molar-refractivity contribution < 1.29 is 16.8 Å². The largest absolute Gasteiger partial charge is 0.254 e. The predicted molar refractivity (Wildman–Crippen MR) is 89.3 cm³/mol. The van der Waals surface area contributed by atoms with Gasteiger partial charge in [0.2, 0.25) is 0 Å². The van der Waals surface area contributed by atoms with Crippen molar-refractivity contribution in [2.45, 2.75) is 37.5 Å². The zero-order valence-corrected chi connectivity index (χ0v) is 15.0. The number of aryl methyl sites for hydroxylation is 4. The standard InChI is InChI=1S/C16H19NO4S2/c1-11-7-5-8-12(2)15(11)22(18,19)17-23(20,21)16-13(3)9-6-10-14(16)4/h5-10,17H,1-4H3. The summed E-state index contributed by atoms with van der Waals surface area (Å²) >= 11 is 0. The molecule has 0 atom stereocenters. The van der Waals surface area contributed by atoms with Crippen LogP contribution in [-0.2, 0) is 20.0 Å². The summed E-state index contributed by atoms with van der Waals surface area (Å²) in [5, 5.41) is 0. The van der Waals surface area contributed by atoms with E-state index in [2.05, 4.69) is 0 Å². The Balaban J connectivity index is 2.57. The van der Waals surface area contributed by atoms with Crippen molar-refractivity contribution in [3.8, 4) is 0 Å². The molecular weight excluding hydrogens is 334 g/mol. The lowest BCUT2D eigenvalue weighted by Crippen LogP contribution is -2.32. The van der Waals surface area contributed by atoms with Gasteiger partial charge >= 0.3 is 0 Å². The number of rotatable bonds is 4. The molecule has 7 heteroatoms. The molecule has 0 unspecified atom stereocenters. The molecule has 0 fully saturated rings. The Labute approximate surface area is 137 Å². The van der Waals surface area contributed by atoms with Crippen LogP contribution in [0.25, 0.3) is 0 Å². The molecule has 0 aliphatic heterocycles. The molecule has 23 heavy (non-hydrogen) atoms. The molecule has 0 radical (unpaired) electrons. The van der Waals surface area contributed by atoms with E-state index in [0.29, 0.717) is 22.3 Å². The summed E-state index contributed by atoms with van der Waals surface area (Å²) in [6, 6.07) is 9.98. The molecule has 0 saturated heterocycles. The van der Waals surface area contributed by atoms with E-state index in [1.54, 1.807) is 64.1 Å². The van der Waals surface area contributed by atoms with Gasteiger partial charge < -0.3 is 0 Å². The van der Waals surface area contributed by atoms with Crippen LogP contribution in [0.5, 0.6) is 0 Å². The monoisotopic (exact) mass is 353 g/mol. The fourth-order valence-corrected chi connectivity index (χ4v) is 6.46. The number of hydrogen-bond donors (Lipinski definition) is 1. The van der Waals surface area contributed by atoms with Gasteiger partial charge in [0.1, 0.15) is 0 Å². The van der Waals surface area contributed by atoms with Crippen molar-refractivity contribution >= 4 is 20.0 Å². The van der Waals surface area contributed by atoms with Gasteiger partial charge in [0.15, 0.2) is 0 Å². The second-order valence-electron chi connectivity index (χ2n) is 5.53. The van der Waals surface area contributed by atoms with Gasteiger partial charge in [0, 0.05) is 0 Å². The summed E-state index contributed by atoms with van der Waals surface area (Å²) < 4.78 is 52.3. The minimum atomic E-state index is -4.20. The quantitative estimate of drug-likeness (QED) is 0.916. The summed E-state index contributed by atoms with van der Waals surface area (Å²) in [5.41, 5.74) is 1.98. The van der Waals surface area contributed by atoms with Gasteiger partial charge in [-0.2, -0.15) is 0 Å². The normalized spacial score (nSPS) is 12.3. The fraction of sp³-hybridized carbons (Fsp3) is 0.250. The number of benzene rings is 2. The molecule has 2 aromatic carbocycles. The van der Waals surface area contributed by atoms with Crippen molar-refractivity contribution in [2.75, 3.05) is 0 Å². The van der Waals surface area contributed by atoms with E-state index in [9.17, 15) is 16.8 Å². The van der Waals surface area contributed by atoms with E-state index in [0.717, 1.165) is 0 Å². The summed E-state index contributed by atoms with van der Waals surface area (Å²) in [7, 11) is -8.40. The molecule has 0 aliphatic carbocycles. The lowest BCUT2D eigenvalue weighted by molar-refractivity contribution is 0.575. The molecule has 2 aromatic rings. The molecule has 0 heterocycles. The van der Waals surface area contributed by atoms with E-state index in [1.807, 2.05) is 4.13 Å². The summed E-state index contributed by atoms with van der Waals surface area (Å²) in [6.45, 7) is 6.53. The first-order valence-electron chi connectivity index (χ1n) is 6.97. The SMILES string of the molecule is Cc1cccc(C)c1S(=O)(=O)NS(=O)(=O)c1c(C)cccc1C. The molecule has 0 aliphatic rings. The van der Waals surface area contributed by atoms with Crippen molar-refractivity contribution in [3.63, 3.8) is 0 Å². The molecule has 0 amide bonds. The van der Waals surface area contributed by atoms with Crippen LogP contribution < -0.4 is 4.13 Å². The molecule has 0 saturated carbocycles. The minimum Gasteiger partial charge on any atom is -0.206 e. The van der Waals surface area contributed by atoms with Crippen LogP contribution in [0.2, 0.25) is 0 Å². The first kappa shape index (κ1) is 17.7. The highest BCUT2D eigenvalue weighted by atomic mass is 32.3. The maximum atomic E-state index is 12.6. The van der Waals surface area contributed by atoms with Crippen LogP contribution in [0.4, 0.5) is 0 Å². The van der Waals surface area contributed by atoms with Crippen molar-refractivity contribution in [1.82, 2.24) is 4.13 Å². The maximum Gasteiger partial charge on any atom is 0.254 e. The lowest BCUT2D eigenvalue weighted by atomic mass is 10.2. The third kappa shape index (κ3) is 3.46. The van der Waals surface area contributed by atoms with Crippen LogP contribution in [0.15, 0.2) is 46.2 Å². The second kappa shape index (κ2) is 6.07. The topological polar surface area (TPSA) is 80.3 Å². The summed E-state index contributed by atoms with van der Waals surface area (Å²) in [6.07, 6.45) is 0. The molecule has 0 bridgehead atoms. The Morgan fingerprint density at radius 3 is 1.13 bits per heavy atom. The first-order chi connectivity index (χ1) is 10.6. The summed E-state index contributed by atoms with van der Waals surface area (Å²) in [5.74, 6) is 0. The van der Waals surface area contributed by atoms with Gasteiger partial charge in [-0.1, -0.05) is 36.4 Å². The highest BCUT2D eigenvalue weighted by molar-refractivity contribution is 8.04. The second-order valence-corrected chi connectivity index (χ2v) is 9.03. The zero-order valence-electron chi connectivity index (χ0n) is 13.4. The van der Waals surface area contributed by atoms with Gasteiger partial charge in [-0.15, -0.1) is 4.13 Å². The Hall–Kier alpha value is -1.70. The molecule has 1 N–H and O–H groups in total. The van der Waals surface area contributed by atoms with Crippen LogP contribution in [-0.4, -0.2) is 16.8 Å². The Morgan fingerprint density at radius 2 is 0.870 bits per heavy atom. The molecule has 2 rings (SSSR count). The van der Waals surface area contributed by atoms with E-state index in [-0.39, 0.29) is 9.79 Å². The third-order valence-electron chi connectivity index (χ3n) is 3.57. The Morgan fingerprint density at radius 1 is 0.609 bits per heavy atom. The van der Waals surface area contributed by atoms with Gasteiger partial charge in [0.05, 0.1) is 9.79 Å². The molecule has 0 spiro atoms. The molecule has 0 aromatic heterocycles. The average Bonchev–Trinajstić information content (AvgIpc) is 2.35. The smallest absolute Gasteiger partial charge is 0.206 e. The Bertz CT molecular complexity index is 842. The van der Waals surface area contributed by atoms with Crippen molar-refractivity contribution in [1.29, 1.82) is 0 Å². The molecule has 124 valence electrons. The first-order valence-corrected chi connectivity index (χ1v) is 9.94. The van der Waals surface area contributed by atoms with E-state index in [1.165, 1.54) is 0 Å². The highest BCUT2D eigenvalue weighted by Gasteiger charge is 2.29. The average molecular weight is 353 g/mol. The minimum absolute atomic E-state index is 0.00480. The number of nitrogens with one attached hydrogen (secondary N) is 1. The van der Waals surface area contributed by atoms with Crippen LogP contribution in [0.3, 0.4) is 0 Å². The van der Waals surface area contributed by atoms with Gasteiger partial charge in [-0.05, 0) is 49.9 Å². The number of sulfonamides is 2. The third-order valence-corrected chi connectivity index (χ3v) is 7.69. The highest BCUT2D eigenvalue weighted by Crippen LogP contribution is 2.24. The van der Waals surface area contributed by atoms with Crippen molar-refractivity contribution in [2.24, 2.45) is 0 Å². The zero-order chi connectivity index (χ0) is 17.4.